The summed E-state index contributed by atoms with van der Waals surface area (Å²) in [6, 6.07) is 3.93. The van der Waals surface area contributed by atoms with Gasteiger partial charge in [-0.2, -0.15) is 0 Å². The zero-order chi connectivity index (χ0) is 11.5. The molecule has 1 aromatic rings. The van der Waals surface area contributed by atoms with E-state index in [4.69, 9.17) is 0 Å². The van der Waals surface area contributed by atoms with E-state index in [2.05, 4.69) is 9.71 Å². The first-order valence-electron chi connectivity index (χ1n) is 4.99. The molecule has 0 amide bonds. The highest BCUT2D eigenvalue weighted by Gasteiger charge is 2.21. The minimum atomic E-state index is -1.04. The van der Waals surface area contributed by atoms with Gasteiger partial charge in [-0.1, -0.05) is 0 Å². The molecule has 15 heavy (non-hydrogen) atoms. The van der Waals surface area contributed by atoms with E-state index in [9.17, 15) is 4.21 Å². The van der Waals surface area contributed by atoms with Crippen LogP contribution in [0.15, 0.2) is 24.5 Å². The number of aromatic nitrogens is 1. The average Bonchev–Trinajstić information content (AvgIpc) is 2.17. The summed E-state index contributed by atoms with van der Waals surface area (Å²) in [5, 5.41) is 0. The molecule has 1 N–H and O–H groups in total. The third-order valence-corrected chi connectivity index (χ3v) is 3.73. The fourth-order valence-corrected chi connectivity index (χ4v) is 1.87. The Morgan fingerprint density at radius 1 is 1.33 bits per heavy atom. The zero-order valence-electron chi connectivity index (χ0n) is 9.65. The number of hydrogen-bond donors (Lipinski definition) is 1. The number of rotatable bonds is 3. The summed E-state index contributed by atoms with van der Waals surface area (Å²) in [6.45, 7) is 7.86. The van der Waals surface area contributed by atoms with E-state index in [-0.39, 0.29) is 10.8 Å². The van der Waals surface area contributed by atoms with Gasteiger partial charge in [0.2, 0.25) is 0 Å². The largest absolute Gasteiger partial charge is 0.265 e. The Hall–Kier alpha value is -0.740. The summed E-state index contributed by atoms with van der Waals surface area (Å²) in [7, 11) is -1.04. The smallest absolute Gasteiger partial charge is 0.0975 e. The van der Waals surface area contributed by atoms with Gasteiger partial charge in [-0.05, 0) is 45.4 Å². The molecule has 1 heterocycles. The first kappa shape index (κ1) is 12.3. The molecule has 1 unspecified atom stereocenters. The molecule has 0 saturated carbocycles. The van der Waals surface area contributed by atoms with Crippen LogP contribution in [0.4, 0.5) is 0 Å². The molecule has 0 aliphatic heterocycles. The Balaban J connectivity index is 2.65. The third kappa shape index (κ3) is 3.72. The van der Waals surface area contributed by atoms with E-state index in [0.29, 0.717) is 0 Å². The average molecular weight is 226 g/mol. The predicted octanol–water partition coefficient (Wildman–Crippen LogP) is 2.19. The van der Waals surface area contributed by atoms with E-state index in [1.165, 1.54) is 0 Å². The van der Waals surface area contributed by atoms with E-state index in [1.54, 1.807) is 12.4 Å². The van der Waals surface area contributed by atoms with Gasteiger partial charge in [0.05, 0.1) is 15.7 Å². The molecule has 1 rings (SSSR count). The van der Waals surface area contributed by atoms with E-state index in [0.717, 1.165) is 5.56 Å². The molecule has 0 aliphatic rings. The summed E-state index contributed by atoms with van der Waals surface area (Å²) >= 11 is 0. The number of pyridine rings is 1. The molecule has 0 aliphatic carbocycles. The van der Waals surface area contributed by atoms with Gasteiger partial charge in [-0.3, -0.25) is 4.98 Å². The molecule has 0 aromatic carbocycles. The van der Waals surface area contributed by atoms with Crippen molar-refractivity contribution in [2.45, 2.75) is 38.5 Å². The van der Waals surface area contributed by atoms with Gasteiger partial charge in [-0.25, -0.2) is 8.93 Å². The van der Waals surface area contributed by atoms with Crippen molar-refractivity contribution in [2.75, 3.05) is 0 Å². The van der Waals surface area contributed by atoms with Crippen molar-refractivity contribution in [2.24, 2.45) is 0 Å². The van der Waals surface area contributed by atoms with Crippen LogP contribution in [0, 0.1) is 0 Å². The quantitative estimate of drug-likeness (QED) is 0.858. The number of nitrogens with zero attached hydrogens (tertiary/aromatic N) is 1. The Kier molecular flexibility index (Phi) is 3.99. The maximum absolute atomic E-state index is 11.8. The van der Waals surface area contributed by atoms with Crippen molar-refractivity contribution < 1.29 is 4.21 Å². The van der Waals surface area contributed by atoms with Crippen LogP contribution in [0.2, 0.25) is 0 Å². The van der Waals surface area contributed by atoms with Crippen LogP contribution < -0.4 is 4.72 Å². The topological polar surface area (TPSA) is 42.0 Å². The van der Waals surface area contributed by atoms with Crippen molar-refractivity contribution in [3.05, 3.63) is 30.1 Å². The number of hydrogen-bond acceptors (Lipinski definition) is 2. The normalized spacial score (nSPS) is 16.0. The Morgan fingerprint density at radius 2 is 1.87 bits per heavy atom. The maximum atomic E-state index is 11.8. The van der Waals surface area contributed by atoms with E-state index in [1.807, 2.05) is 39.8 Å². The Labute approximate surface area is 93.9 Å². The molecule has 4 heteroatoms. The predicted molar refractivity (Wildman–Crippen MR) is 63.7 cm³/mol. The summed E-state index contributed by atoms with van der Waals surface area (Å²) in [5.41, 5.74) is 1.10. The SMILES string of the molecule is C[C@@H](NS(=O)C(C)(C)C)c1ccncc1. The van der Waals surface area contributed by atoms with Gasteiger partial charge in [0.25, 0.3) is 0 Å². The van der Waals surface area contributed by atoms with Crippen LogP contribution in [-0.4, -0.2) is 13.9 Å². The van der Waals surface area contributed by atoms with E-state index < -0.39 is 11.0 Å². The molecular formula is C11H18N2OS. The second-order valence-electron chi connectivity index (χ2n) is 4.50. The van der Waals surface area contributed by atoms with Gasteiger partial charge in [0.15, 0.2) is 0 Å². The summed E-state index contributed by atoms with van der Waals surface area (Å²) in [6.07, 6.45) is 3.49. The van der Waals surface area contributed by atoms with Gasteiger partial charge in [-0.15, -0.1) is 0 Å². The highest BCUT2D eigenvalue weighted by atomic mass is 32.2. The van der Waals surface area contributed by atoms with E-state index >= 15 is 0 Å². The fourth-order valence-electron chi connectivity index (χ4n) is 1.06. The molecule has 0 radical (unpaired) electrons. The highest BCUT2D eigenvalue weighted by molar-refractivity contribution is 7.84. The lowest BCUT2D eigenvalue weighted by atomic mass is 10.1. The molecule has 3 nitrogen and oxygen atoms in total. The van der Waals surface area contributed by atoms with Crippen molar-refractivity contribution in [3.63, 3.8) is 0 Å². The Morgan fingerprint density at radius 3 is 2.33 bits per heavy atom. The van der Waals surface area contributed by atoms with Crippen LogP contribution in [0.1, 0.15) is 39.3 Å². The van der Waals surface area contributed by atoms with Crippen molar-refractivity contribution >= 4 is 11.0 Å². The zero-order valence-corrected chi connectivity index (χ0v) is 10.5. The fraction of sp³-hybridized carbons (Fsp3) is 0.545. The number of nitrogens with one attached hydrogen (secondary N) is 1. The standard InChI is InChI=1S/C11H18N2OS/c1-9(10-5-7-12-8-6-10)13-15(14)11(2,3)4/h5-9,13H,1-4H3/t9-,15?/m1/s1. The van der Waals surface area contributed by atoms with Crippen LogP contribution >= 0.6 is 0 Å². The van der Waals surface area contributed by atoms with Crippen LogP contribution in [0.5, 0.6) is 0 Å². The van der Waals surface area contributed by atoms with Gasteiger partial charge in [0.1, 0.15) is 0 Å². The lowest BCUT2D eigenvalue weighted by Gasteiger charge is -2.22. The molecular weight excluding hydrogens is 208 g/mol. The third-order valence-electron chi connectivity index (χ3n) is 2.05. The second kappa shape index (κ2) is 4.86. The second-order valence-corrected chi connectivity index (χ2v) is 6.50. The van der Waals surface area contributed by atoms with Crippen LogP contribution in [0.25, 0.3) is 0 Å². The van der Waals surface area contributed by atoms with Crippen molar-refractivity contribution in [1.82, 2.24) is 9.71 Å². The first-order chi connectivity index (χ1) is 6.91. The minimum absolute atomic E-state index is 0.0769. The molecule has 84 valence electrons. The maximum Gasteiger partial charge on any atom is 0.0975 e. The molecule has 0 saturated heterocycles. The summed E-state index contributed by atoms with van der Waals surface area (Å²) < 4.78 is 14.7. The summed E-state index contributed by atoms with van der Waals surface area (Å²) in [4.78, 5) is 3.95. The first-order valence-corrected chi connectivity index (χ1v) is 6.14. The van der Waals surface area contributed by atoms with Gasteiger partial charge in [0, 0.05) is 18.4 Å². The van der Waals surface area contributed by atoms with Gasteiger partial charge < -0.3 is 0 Å². The van der Waals surface area contributed by atoms with Crippen molar-refractivity contribution in [3.8, 4) is 0 Å². The molecule has 1 aromatic heterocycles. The minimum Gasteiger partial charge on any atom is -0.265 e. The van der Waals surface area contributed by atoms with Crippen LogP contribution in [-0.2, 0) is 11.0 Å². The van der Waals surface area contributed by atoms with Crippen LogP contribution in [0.3, 0.4) is 0 Å². The molecule has 0 bridgehead atoms. The molecule has 0 fully saturated rings. The van der Waals surface area contributed by atoms with Gasteiger partial charge >= 0.3 is 0 Å². The summed E-state index contributed by atoms with van der Waals surface area (Å²) in [5.74, 6) is 0. The molecule has 0 spiro atoms. The van der Waals surface area contributed by atoms with Crippen molar-refractivity contribution in [1.29, 1.82) is 0 Å². The monoisotopic (exact) mass is 226 g/mol. The highest BCUT2D eigenvalue weighted by Crippen LogP contribution is 2.15. The lowest BCUT2D eigenvalue weighted by Crippen LogP contribution is -2.34. The Bertz CT molecular complexity index is 332. The lowest BCUT2D eigenvalue weighted by molar-refractivity contribution is 0.616. The molecule has 2 atom stereocenters.